The van der Waals surface area contributed by atoms with Crippen molar-refractivity contribution in [2.75, 3.05) is 44.7 Å². The molecule has 0 amide bonds. The smallest absolute Gasteiger partial charge is 0.338 e. The topological polar surface area (TPSA) is 99.0 Å². The van der Waals surface area contributed by atoms with Crippen LogP contribution in [0, 0.1) is 0 Å². The maximum absolute atomic E-state index is 12.1. The average molecular weight is 476 g/mol. The van der Waals surface area contributed by atoms with E-state index < -0.39 is 5.97 Å². The number of benzene rings is 2. The van der Waals surface area contributed by atoms with E-state index in [-0.39, 0.29) is 5.63 Å². The Hall–Kier alpha value is -3.78. The Morgan fingerprint density at radius 2 is 1.86 bits per heavy atom. The van der Waals surface area contributed by atoms with E-state index >= 15 is 0 Å². The molecule has 1 fully saturated rings. The number of aryl methyl sites for hydroxylation is 1. The van der Waals surface area contributed by atoms with E-state index in [2.05, 4.69) is 14.8 Å². The lowest BCUT2D eigenvalue weighted by Gasteiger charge is -2.36. The van der Waals surface area contributed by atoms with Gasteiger partial charge in [-0.2, -0.15) is 0 Å². The molecule has 4 aromatic rings. The van der Waals surface area contributed by atoms with Crippen molar-refractivity contribution in [2.24, 2.45) is 0 Å². The number of ether oxygens (including phenoxy) is 1. The molecule has 1 aliphatic heterocycles. The van der Waals surface area contributed by atoms with Crippen LogP contribution >= 0.6 is 0 Å². The van der Waals surface area contributed by atoms with Gasteiger partial charge >= 0.3 is 11.6 Å². The van der Waals surface area contributed by atoms with Crippen molar-refractivity contribution >= 4 is 33.5 Å². The molecule has 0 aliphatic carbocycles. The number of rotatable bonds is 8. The molecule has 0 bridgehead atoms. The minimum absolute atomic E-state index is 0.300. The van der Waals surface area contributed by atoms with Crippen molar-refractivity contribution in [3.63, 3.8) is 0 Å². The summed E-state index contributed by atoms with van der Waals surface area (Å²) >= 11 is 0. The van der Waals surface area contributed by atoms with Gasteiger partial charge in [0.05, 0.1) is 18.4 Å². The van der Waals surface area contributed by atoms with Gasteiger partial charge in [-0.15, -0.1) is 0 Å². The number of unbranched alkanes of at least 4 members (excludes halogenated alkanes) is 1. The van der Waals surface area contributed by atoms with Crippen molar-refractivity contribution in [2.45, 2.75) is 19.3 Å². The van der Waals surface area contributed by atoms with Gasteiger partial charge < -0.3 is 24.1 Å². The number of carboxylic acids is 1. The largest absolute Gasteiger partial charge is 0.497 e. The van der Waals surface area contributed by atoms with Crippen LogP contribution in [0.5, 0.6) is 5.75 Å². The van der Waals surface area contributed by atoms with Gasteiger partial charge in [0, 0.05) is 60.8 Å². The van der Waals surface area contributed by atoms with Crippen LogP contribution in [0.25, 0.3) is 21.9 Å². The Bertz CT molecular complexity index is 1420. The third-order valence-electron chi connectivity index (χ3n) is 6.83. The van der Waals surface area contributed by atoms with E-state index in [0.717, 1.165) is 74.0 Å². The summed E-state index contributed by atoms with van der Waals surface area (Å²) in [7, 11) is 1.60. The van der Waals surface area contributed by atoms with E-state index in [4.69, 9.17) is 14.3 Å². The molecule has 0 spiro atoms. The molecule has 1 aliphatic rings. The number of carboxylic acid groups (broad SMARTS) is 1. The molecule has 3 heterocycles. The predicted octanol–water partition coefficient (Wildman–Crippen LogP) is 4.13. The lowest BCUT2D eigenvalue weighted by molar-refractivity contribution is 0.0697. The summed E-state index contributed by atoms with van der Waals surface area (Å²) in [4.78, 5) is 31.2. The Labute approximate surface area is 202 Å². The number of aromatic carboxylic acids is 1. The molecule has 2 N–H and O–H groups in total. The van der Waals surface area contributed by atoms with E-state index in [9.17, 15) is 9.59 Å². The first kappa shape index (κ1) is 23.0. The van der Waals surface area contributed by atoms with Gasteiger partial charge in [-0.3, -0.25) is 4.90 Å². The van der Waals surface area contributed by atoms with E-state index in [1.54, 1.807) is 31.4 Å². The summed E-state index contributed by atoms with van der Waals surface area (Å²) in [6.45, 7) is 4.65. The minimum atomic E-state index is -0.910. The number of carbonyl (C=O) groups is 1. The molecule has 0 radical (unpaired) electrons. The molecule has 35 heavy (non-hydrogen) atoms. The van der Waals surface area contributed by atoms with Crippen LogP contribution in [0.1, 0.15) is 28.8 Å². The number of methoxy groups -OCH3 is 1. The predicted molar refractivity (Wildman–Crippen MR) is 136 cm³/mol. The number of aromatic amines is 1. The van der Waals surface area contributed by atoms with Crippen molar-refractivity contribution in [3.8, 4) is 5.75 Å². The molecule has 182 valence electrons. The number of aromatic nitrogens is 1. The fraction of sp³-hybridized carbons (Fsp3) is 0.333. The van der Waals surface area contributed by atoms with Crippen LogP contribution in [0.3, 0.4) is 0 Å². The molecule has 8 nitrogen and oxygen atoms in total. The van der Waals surface area contributed by atoms with E-state index in [1.807, 2.05) is 24.4 Å². The van der Waals surface area contributed by atoms with Gasteiger partial charge in [0.1, 0.15) is 11.3 Å². The Kier molecular flexibility index (Phi) is 6.46. The SMILES string of the molecule is COc1ccc2c(N3CCN(CCCCc4c[nH]c5cc(C(=O)O)ccc45)CC3)cc(=O)oc2c1. The summed E-state index contributed by atoms with van der Waals surface area (Å²) in [5, 5.41) is 11.2. The van der Waals surface area contributed by atoms with Crippen molar-refractivity contribution in [3.05, 3.63) is 70.2 Å². The number of fused-ring (bicyclic) bond motifs is 2. The molecule has 1 saturated heterocycles. The zero-order valence-corrected chi connectivity index (χ0v) is 19.8. The number of hydrogen-bond acceptors (Lipinski definition) is 6. The summed E-state index contributed by atoms with van der Waals surface area (Å²) in [6, 6.07) is 12.4. The quantitative estimate of drug-likeness (QED) is 0.292. The third-order valence-corrected chi connectivity index (χ3v) is 6.83. The highest BCUT2D eigenvalue weighted by atomic mass is 16.5. The first-order chi connectivity index (χ1) is 17.0. The second-order valence-corrected chi connectivity index (χ2v) is 8.98. The fourth-order valence-electron chi connectivity index (χ4n) is 4.90. The van der Waals surface area contributed by atoms with Crippen LogP contribution in [0.4, 0.5) is 5.69 Å². The highest BCUT2D eigenvalue weighted by molar-refractivity contribution is 5.94. The van der Waals surface area contributed by atoms with Crippen molar-refractivity contribution in [1.29, 1.82) is 0 Å². The molecular weight excluding hydrogens is 446 g/mol. The van der Waals surface area contributed by atoms with Gasteiger partial charge in [0.2, 0.25) is 0 Å². The molecule has 0 atom stereocenters. The lowest BCUT2D eigenvalue weighted by Crippen LogP contribution is -2.46. The van der Waals surface area contributed by atoms with Crippen molar-refractivity contribution in [1.82, 2.24) is 9.88 Å². The molecule has 2 aromatic heterocycles. The molecule has 0 unspecified atom stereocenters. The fourth-order valence-corrected chi connectivity index (χ4v) is 4.90. The Balaban J connectivity index is 1.14. The Morgan fingerprint density at radius 3 is 2.63 bits per heavy atom. The first-order valence-electron chi connectivity index (χ1n) is 11.9. The molecule has 0 saturated carbocycles. The van der Waals surface area contributed by atoms with Crippen molar-refractivity contribution < 1.29 is 19.1 Å². The summed E-state index contributed by atoms with van der Waals surface area (Å²) < 4.78 is 10.7. The molecular formula is C27H29N3O5. The number of H-pyrrole nitrogens is 1. The number of piperazine rings is 1. The second-order valence-electron chi connectivity index (χ2n) is 8.98. The van der Waals surface area contributed by atoms with Crippen LogP contribution in [-0.4, -0.2) is 60.8 Å². The van der Waals surface area contributed by atoms with Gasteiger partial charge in [0.15, 0.2) is 0 Å². The number of nitrogens with zero attached hydrogens (tertiary/aromatic N) is 2. The average Bonchev–Trinajstić information content (AvgIpc) is 3.28. The highest BCUT2D eigenvalue weighted by Gasteiger charge is 2.20. The monoisotopic (exact) mass is 475 g/mol. The van der Waals surface area contributed by atoms with E-state index in [1.165, 1.54) is 5.56 Å². The number of hydrogen-bond donors (Lipinski definition) is 2. The van der Waals surface area contributed by atoms with Crippen LogP contribution in [0.15, 0.2) is 57.9 Å². The van der Waals surface area contributed by atoms with Gasteiger partial charge in [-0.1, -0.05) is 6.07 Å². The standard InChI is InChI=1S/C27H29N3O5/c1-34-20-6-8-22-24(16-26(31)35-25(22)15-20)30-12-10-29(11-13-30)9-3-2-4-19-17-28-23-14-18(27(32)33)5-7-21(19)23/h5-8,14-17,28H,2-4,9-13H2,1H3,(H,32,33). The zero-order chi connectivity index (χ0) is 24.4. The second kappa shape index (κ2) is 9.84. The lowest BCUT2D eigenvalue weighted by atomic mass is 10.1. The third kappa shape index (κ3) is 4.88. The van der Waals surface area contributed by atoms with Crippen LogP contribution in [-0.2, 0) is 6.42 Å². The number of nitrogens with one attached hydrogen (secondary N) is 1. The molecule has 8 heteroatoms. The van der Waals surface area contributed by atoms with Gasteiger partial charge in [-0.25, -0.2) is 9.59 Å². The van der Waals surface area contributed by atoms with Gasteiger partial charge in [-0.05, 0) is 55.6 Å². The minimum Gasteiger partial charge on any atom is -0.497 e. The maximum atomic E-state index is 12.1. The highest BCUT2D eigenvalue weighted by Crippen LogP contribution is 2.29. The van der Waals surface area contributed by atoms with Crippen LogP contribution < -0.4 is 15.3 Å². The summed E-state index contributed by atoms with van der Waals surface area (Å²) in [6.07, 6.45) is 5.12. The summed E-state index contributed by atoms with van der Waals surface area (Å²) in [5.41, 5.74) is 3.52. The molecule has 2 aromatic carbocycles. The van der Waals surface area contributed by atoms with Crippen LogP contribution in [0.2, 0.25) is 0 Å². The first-order valence-corrected chi connectivity index (χ1v) is 11.9. The maximum Gasteiger partial charge on any atom is 0.338 e. The zero-order valence-electron chi connectivity index (χ0n) is 19.8. The molecule has 5 rings (SSSR count). The Morgan fingerprint density at radius 1 is 1.06 bits per heavy atom. The van der Waals surface area contributed by atoms with E-state index in [0.29, 0.717) is 16.9 Å². The normalized spacial score (nSPS) is 14.6. The van der Waals surface area contributed by atoms with Gasteiger partial charge in [0.25, 0.3) is 0 Å². The summed E-state index contributed by atoms with van der Waals surface area (Å²) in [5.74, 6) is -0.243. The number of anilines is 1.